The fraction of sp³-hybridized carbons (Fsp3) is 0.320. The van der Waals surface area contributed by atoms with E-state index >= 15 is 0 Å². The first-order chi connectivity index (χ1) is 16.3. The van der Waals surface area contributed by atoms with E-state index in [1.807, 2.05) is 62.4 Å². The predicted octanol–water partition coefficient (Wildman–Crippen LogP) is 2.27. The number of carbonyl (C=O) groups is 1. The Kier molecular flexibility index (Phi) is 8.26. The lowest BCUT2D eigenvalue weighted by molar-refractivity contribution is -0.117. The fourth-order valence-corrected chi connectivity index (χ4v) is 3.77. The molecule has 1 amide bonds. The van der Waals surface area contributed by atoms with E-state index in [0.717, 1.165) is 22.4 Å². The minimum atomic E-state index is -0.705. The number of nitrogen functional groups attached to an aromatic ring is 1. The van der Waals surface area contributed by atoms with Gasteiger partial charge in [-0.25, -0.2) is 4.79 Å². The third-order valence-corrected chi connectivity index (χ3v) is 5.51. The molecule has 0 bridgehead atoms. The van der Waals surface area contributed by atoms with Gasteiger partial charge in [0.1, 0.15) is 5.82 Å². The van der Waals surface area contributed by atoms with E-state index in [4.69, 9.17) is 10.5 Å². The summed E-state index contributed by atoms with van der Waals surface area (Å²) in [5, 5.41) is 3.14. The van der Waals surface area contributed by atoms with Gasteiger partial charge in [0.05, 0.1) is 13.1 Å². The number of anilines is 3. The van der Waals surface area contributed by atoms with Crippen LogP contribution in [-0.4, -0.2) is 42.3 Å². The normalized spacial score (nSPS) is 10.8. The summed E-state index contributed by atoms with van der Waals surface area (Å²) in [5.41, 5.74) is 8.73. The van der Waals surface area contributed by atoms with Gasteiger partial charge in [-0.3, -0.25) is 19.1 Å². The number of hydrogen-bond acceptors (Lipinski definition) is 6. The zero-order chi connectivity index (χ0) is 24.7. The fourth-order valence-electron chi connectivity index (χ4n) is 3.77. The minimum Gasteiger partial charge on any atom is -0.385 e. The molecule has 1 aromatic heterocycles. The average Bonchev–Trinajstić information content (AvgIpc) is 2.80. The number of aromatic amines is 1. The first-order valence-electron chi connectivity index (χ1n) is 11.1. The summed E-state index contributed by atoms with van der Waals surface area (Å²) in [7, 11) is 1.56. The smallest absolute Gasteiger partial charge is 0.330 e. The lowest BCUT2D eigenvalue weighted by atomic mass is 10.1. The van der Waals surface area contributed by atoms with E-state index in [0.29, 0.717) is 13.0 Å². The van der Waals surface area contributed by atoms with Crippen LogP contribution in [-0.2, 0) is 16.1 Å². The number of amides is 1. The van der Waals surface area contributed by atoms with Crippen LogP contribution < -0.4 is 27.2 Å². The number of nitrogens with two attached hydrogens (primary N) is 1. The van der Waals surface area contributed by atoms with Crippen molar-refractivity contribution in [3.8, 4) is 0 Å². The molecule has 3 rings (SSSR count). The molecule has 0 radical (unpaired) electrons. The molecule has 34 heavy (non-hydrogen) atoms. The molecule has 0 unspecified atom stereocenters. The molecule has 1 heterocycles. The maximum absolute atomic E-state index is 13.3. The van der Waals surface area contributed by atoms with Crippen LogP contribution in [0.2, 0.25) is 0 Å². The number of aromatic nitrogens is 2. The van der Waals surface area contributed by atoms with Gasteiger partial charge >= 0.3 is 5.69 Å². The third-order valence-electron chi connectivity index (χ3n) is 5.51. The summed E-state index contributed by atoms with van der Waals surface area (Å²) in [6, 6.07) is 15.2. The molecule has 9 heteroatoms. The molecule has 0 aliphatic rings. The van der Waals surface area contributed by atoms with Crippen molar-refractivity contribution in [2.75, 3.05) is 42.8 Å². The number of benzene rings is 2. The van der Waals surface area contributed by atoms with E-state index in [9.17, 15) is 14.4 Å². The first-order valence-corrected chi connectivity index (χ1v) is 11.1. The second-order valence-corrected chi connectivity index (χ2v) is 8.13. The highest BCUT2D eigenvalue weighted by atomic mass is 16.5. The molecule has 0 atom stereocenters. The Bertz CT molecular complexity index is 1250. The van der Waals surface area contributed by atoms with Gasteiger partial charge in [-0.15, -0.1) is 0 Å². The van der Waals surface area contributed by atoms with Gasteiger partial charge in [0.15, 0.2) is 5.69 Å². The SMILES string of the molecule is COCCCN(C(=O)CNc1ccc(C)cc1C)c1c(N)n(Cc2ccccc2)c(=O)[nH]c1=O. The van der Waals surface area contributed by atoms with Crippen LogP contribution in [0.1, 0.15) is 23.1 Å². The first kappa shape index (κ1) is 24.8. The maximum atomic E-state index is 13.3. The molecule has 3 aromatic rings. The second-order valence-electron chi connectivity index (χ2n) is 8.13. The Balaban J connectivity index is 1.94. The van der Waals surface area contributed by atoms with Crippen LogP contribution in [0.4, 0.5) is 17.2 Å². The Labute approximate surface area is 198 Å². The summed E-state index contributed by atoms with van der Waals surface area (Å²) in [4.78, 5) is 42.3. The van der Waals surface area contributed by atoms with Crippen LogP contribution in [0.25, 0.3) is 0 Å². The van der Waals surface area contributed by atoms with Gasteiger partial charge in [-0.1, -0.05) is 48.0 Å². The molecule has 4 N–H and O–H groups in total. The summed E-state index contributed by atoms with van der Waals surface area (Å²) in [5.74, 6) is -0.409. The van der Waals surface area contributed by atoms with Gasteiger partial charge in [0.2, 0.25) is 5.91 Å². The van der Waals surface area contributed by atoms with Crippen LogP contribution in [0.15, 0.2) is 58.1 Å². The maximum Gasteiger partial charge on any atom is 0.330 e. The molecule has 0 fully saturated rings. The number of methoxy groups -OCH3 is 1. The van der Waals surface area contributed by atoms with Gasteiger partial charge in [-0.2, -0.15) is 0 Å². The zero-order valence-corrected chi connectivity index (χ0v) is 19.8. The largest absolute Gasteiger partial charge is 0.385 e. The molecule has 2 aromatic carbocycles. The lowest BCUT2D eigenvalue weighted by Gasteiger charge is -2.25. The molecule has 0 spiro atoms. The van der Waals surface area contributed by atoms with Crippen molar-refractivity contribution in [1.82, 2.24) is 9.55 Å². The minimum absolute atomic E-state index is 0.0425. The van der Waals surface area contributed by atoms with Crippen LogP contribution in [0.5, 0.6) is 0 Å². The number of ether oxygens (including phenoxy) is 1. The molecular formula is C25H31N5O4. The van der Waals surface area contributed by atoms with Crippen molar-refractivity contribution >= 4 is 23.1 Å². The summed E-state index contributed by atoms with van der Waals surface area (Å²) in [6.45, 7) is 4.68. The average molecular weight is 466 g/mol. The van der Waals surface area contributed by atoms with Crippen molar-refractivity contribution in [3.63, 3.8) is 0 Å². The van der Waals surface area contributed by atoms with Gasteiger partial charge < -0.3 is 20.7 Å². The van der Waals surface area contributed by atoms with Crippen molar-refractivity contribution in [2.24, 2.45) is 0 Å². The number of aryl methyl sites for hydroxylation is 2. The molecule has 0 aliphatic carbocycles. The monoisotopic (exact) mass is 465 g/mol. The van der Waals surface area contributed by atoms with Crippen molar-refractivity contribution in [3.05, 3.63) is 86.1 Å². The molecular weight excluding hydrogens is 434 g/mol. The number of rotatable bonds is 10. The van der Waals surface area contributed by atoms with Gasteiger partial charge in [-0.05, 0) is 37.5 Å². The molecule has 0 saturated heterocycles. The van der Waals surface area contributed by atoms with E-state index in [1.165, 1.54) is 9.47 Å². The van der Waals surface area contributed by atoms with E-state index in [-0.39, 0.29) is 37.0 Å². The number of carbonyl (C=O) groups excluding carboxylic acids is 1. The number of hydrogen-bond donors (Lipinski definition) is 3. The van der Waals surface area contributed by atoms with Crippen molar-refractivity contribution < 1.29 is 9.53 Å². The Morgan fingerprint density at radius 3 is 2.56 bits per heavy atom. The van der Waals surface area contributed by atoms with Crippen LogP contribution in [0.3, 0.4) is 0 Å². The van der Waals surface area contributed by atoms with Crippen molar-refractivity contribution in [2.45, 2.75) is 26.8 Å². The van der Waals surface area contributed by atoms with Crippen LogP contribution >= 0.6 is 0 Å². The third kappa shape index (κ3) is 5.93. The van der Waals surface area contributed by atoms with Crippen molar-refractivity contribution in [1.29, 1.82) is 0 Å². The standard InChI is InChI=1S/C25H31N5O4/c1-17-10-11-20(18(2)14-17)27-15-21(31)29(12-7-13-34-3)22-23(26)30(25(33)28-24(22)32)16-19-8-5-4-6-9-19/h4-6,8-11,14,27H,7,12-13,15-16,26H2,1-3H3,(H,28,32,33). The number of H-pyrrole nitrogens is 1. The highest BCUT2D eigenvalue weighted by molar-refractivity contribution is 5.98. The molecule has 0 aliphatic heterocycles. The van der Waals surface area contributed by atoms with E-state index in [2.05, 4.69) is 10.3 Å². The lowest BCUT2D eigenvalue weighted by Crippen LogP contribution is -2.44. The summed E-state index contributed by atoms with van der Waals surface area (Å²) in [6.07, 6.45) is 0.489. The predicted molar refractivity (Wildman–Crippen MR) is 135 cm³/mol. The number of nitrogens with one attached hydrogen (secondary N) is 2. The van der Waals surface area contributed by atoms with Gasteiger partial charge in [0.25, 0.3) is 5.56 Å². The zero-order valence-electron chi connectivity index (χ0n) is 19.8. The second kappa shape index (κ2) is 11.3. The molecule has 180 valence electrons. The topological polar surface area (TPSA) is 122 Å². The molecule has 9 nitrogen and oxygen atoms in total. The van der Waals surface area contributed by atoms with Crippen LogP contribution in [0, 0.1) is 13.8 Å². The van der Waals surface area contributed by atoms with E-state index in [1.54, 1.807) is 7.11 Å². The summed E-state index contributed by atoms with van der Waals surface area (Å²) < 4.78 is 6.38. The number of nitrogens with zero attached hydrogens (tertiary/aromatic N) is 2. The highest BCUT2D eigenvalue weighted by Gasteiger charge is 2.24. The van der Waals surface area contributed by atoms with Gasteiger partial charge in [0, 0.05) is 25.9 Å². The Morgan fingerprint density at radius 2 is 1.88 bits per heavy atom. The highest BCUT2D eigenvalue weighted by Crippen LogP contribution is 2.20. The quantitative estimate of drug-likeness (QED) is 0.395. The van der Waals surface area contributed by atoms with E-state index < -0.39 is 11.2 Å². The Morgan fingerprint density at radius 1 is 1.15 bits per heavy atom. The summed E-state index contributed by atoms with van der Waals surface area (Å²) >= 11 is 0. The molecule has 0 saturated carbocycles. The Hall–Kier alpha value is -3.85.